The molecule has 2 amide bonds. The highest BCUT2D eigenvalue weighted by atomic mass is 32.2. The molecule has 21 heavy (non-hydrogen) atoms. The van der Waals surface area contributed by atoms with Crippen LogP contribution in [-0.4, -0.2) is 46.2 Å². The molecule has 0 saturated carbocycles. The van der Waals surface area contributed by atoms with Crippen LogP contribution in [0.15, 0.2) is 24.3 Å². The van der Waals surface area contributed by atoms with Crippen molar-refractivity contribution in [3.63, 3.8) is 0 Å². The van der Waals surface area contributed by atoms with Gasteiger partial charge in [-0.25, -0.2) is 14.4 Å². The number of carbonyl (C=O) groups is 3. The molecule has 0 fully saturated rings. The predicted octanol–water partition coefficient (Wildman–Crippen LogP) is 1.71. The lowest BCUT2D eigenvalue weighted by atomic mass is 10.2. The smallest absolute Gasteiger partial charge is 0.335 e. The number of nitrogens with one attached hydrogen (secondary N) is 2. The molecule has 0 aliphatic heterocycles. The lowest BCUT2D eigenvalue weighted by Crippen LogP contribution is -2.43. The SMILES string of the molecule is CSCCC(NC(=O)Nc1cccc(C(=O)O)c1)C(=O)O. The maximum atomic E-state index is 11.7. The Morgan fingerprint density at radius 3 is 2.57 bits per heavy atom. The molecule has 1 rings (SSSR count). The second-order valence-electron chi connectivity index (χ2n) is 4.16. The van der Waals surface area contributed by atoms with Crippen LogP contribution in [0.3, 0.4) is 0 Å². The molecule has 8 heteroatoms. The van der Waals surface area contributed by atoms with Gasteiger partial charge >= 0.3 is 18.0 Å². The molecular weight excluding hydrogens is 296 g/mol. The fourth-order valence-electron chi connectivity index (χ4n) is 1.55. The highest BCUT2D eigenvalue weighted by Crippen LogP contribution is 2.10. The Balaban J connectivity index is 2.65. The Bertz CT molecular complexity index is 535. The van der Waals surface area contributed by atoms with Crippen LogP contribution in [0.25, 0.3) is 0 Å². The molecule has 0 aliphatic rings. The topological polar surface area (TPSA) is 116 Å². The number of carboxylic acids is 2. The minimum Gasteiger partial charge on any atom is -0.480 e. The minimum absolute atomic E-state index is 0.0324. The van der Waals surface area contributed by atoms with Crippen LogP contribution in [0.5, 0.6) is 0 Å². The summed E-state index contributed by atoms with van der Waals surface area (Å²) in [6.07, 6.45) is 2.15. The largest absolute Gasteiger partial charge is 0.480 e. The molecule has 1 aromatic carbocycles. The maximum absolute atomic E-state index is 11.7. The van der Waals surface area contributed by atoms with E-state index in [0.717, 1.165) is 0 Å². The van der Waals surface area contributed by atoms with E-state index in [-0.39, 0.29) is 11.3 Å². The van der Waals surface area contributed by atoms with Crippen molar-refractivity contribution in [3.8, 4) is 0 Å². The minimum atomic E-state index is -1.11. The van der Waals surface area contributed by atoms with Gasteiger partial charge in [0.25, 0.3) is 0 Å². The molecule has 0 aliphatic carbocycles. The van der Waals surface area contributed by atoms with E-state index >= 15 is 0 Å². The molecule has 1 atom stereocenters. The fourth-order valence-corrected chi connectivity index (χ4v) is 2.02. The van der Waals surface area contributed by atoms with Crippen LogP contribution in [-0.2, 0) is 4.79 Å². The fraction of sp³-hybridized carbons (Fsp3) is 0.308. The summed E-state index contributed by atoms with van der Waals surface area (Å²) < 4.78 is 0. The first-order valence-corrected chi connectivity index (χ1v) is 7.46. The Hall–Kier alpha value is -2.22. The Morgan fingerprint density at radius 1 is 1.29 bits per heavy atom. The number of amides is 2. The molecule has 1 unspecified atom stereocenters. The van der Waals surface area contributed by atoms with Crippen molar-refractivity contribution in [1.29, 1.82) is 0 Å². The standard InChI is InChI=1S/C13H16N2O5S/c1-21-6-5-10(12(18)19)15-13(20)14-9-4-2-3-8(7-9)11(16)17/h2-4,7,10H,5-6H2,1H3,(H,16,17)(H,18,19)(H2,14,15,20). The number of anilines is 1. The quantitative estimate of drug-likeness (QED) is 0.609. The summed E-state index contributed by atoms with van der Waals surface area (Å²) >= 11 is 1.48. The monoisotopic (exact) mass is 312 g/mol. The molecular formula is C13H16N2O5S. The Morgan fingerprint density at radius 2 is 2.00 bits per heavy atom. The molecule has 0 aromatic heterocycles. The molecule has 0 bridgehead atoms. The van der Waals surface area contributed by atoms with E-state index in [1.54, 1.807) is 0 Å². The van der Waals surface area contributed by atoms with E-state index in [4.69, 9.17) is 10.2 Å². The van der Waals surface area contributed by atoms with Gasteiger partial charge in [-0.2, -0.15) is 11.8 Å². The second kappa shape index (κ2) is 8.15. The van der Waals surface area contributed by atoms with Gasteiger partial charge in [0.15, 0.2) is 0 Å². The molecule has 114 valence electrons. The number of aromatic carboxylic acids is 1. The zero-order valence-corrected chi connectivity index (χ0v) is 12.1. The number of carboxylic acid groups (broad SMARTS) is 2. The van der Waals surface area contributed by atoms with Crippen molar-refractivity contribution < 1.29 is 24.6 Å². The van der Waals surface area contributed by atoms with Crippen molar-refractivity contribution in [1.82, 2.24) is 5.32 Å². The van der Waals surface area contributed by atoms with Crippen LogP contribution in [0.2, 0.25) is 0 Å². The summed E-state index contributed by atoms with van der Waals surface area (Å²) in [5.74, 6) is -1.62. The lowest BCUT2D eigenvalue weighted by Gasteiger charge is -2.14. The summed E-state index contributed by atoms with van der Waals surface area (Å²) in [6.45, 7) is 0. The maximum Gasteiger partial charge on any atom is 0.335 e. The number of carbonyl (C=O) groups excluding carboxylic acids is 1. The average molecular weight is 312 g/mol. The summed E-state index contributed by atoms with van der Waals surface area (Å²) in [5.41, 5.74) is 0.311. The molecule has 4 N–H and O–H groups in total. The Labute approximate surface area is 125 Å². The third-order valence-corrected chi connectivity index (χ3v) is 3.23. The van der Waals surface area contributed by atoms with Gasteiger partial charge in [0.2, 0.25) is 0 Å². The highest BCUT2D eigenvalue weighted by molar-refractivity contribution is 7.98. The first-order chi connectivity index (χ1) is 9.93. The number of rotatable bonds is 7. The van der Waals surface area contributed by atoms with E-state index in [2.05, 4.69) is 10.6 Å². The number of hydrogen-bond acceptors (Lipinski definition) is 4. The van der Waals surface area contributed by atoms with E-state index in [1.165, 1.54) is 36.0 Å². The number of benzene rings is 1. The van der Waals surface area contributed by atoms with Crippen LogP contribution in [0.4, 0.5) is 10.5 Å². The zero-order valence-electron chi connectivity index (χ0n) is 11.3. The van der Waals surface area contributed by atoms with Crippen molar-refractivity contribution in [3.05, 3.63) is 29.8 Å². The molecule has 0 heterocycles. The van der Waals surface area contributed by atoms with E-state index in [0.29, 0.717) is 12.2 Å². The van der Waals surface area contributed by atoms with Crippen molar-refractivity contribution >= 4 is 35.4 Å². The first-order valence-electron chi connectivity index (χ1n) is 6.06. The van der Waals surface area contributed by atoms with Crippen molar-refractivity contribution in [2.24, 2.45) is 0 Å². The summed E-state index contributed by atoms with van der Waals surface area (Å²) in [4.78, 5) is 33.6. The van der Waals surface area contributed by atoms with Crippen LogP contribution in [0.1, 0.15) is 16.8 Å². The average Bonchev–Trinajstić information content (AvgIpc) is 2.43. The van der Waals surface area contributed by atoms with Crippen LogP contribution < -0.4 is 10.6 Å². The van der Waals surface area contributed by atoms with Gasteiger partial charge in [0, 0.05) is 5.69 Å². The summed E-state index contributed by atoms with van der Waals surface area (Å²) in [5, 5.41) is 22.6. The van der Waals surface area contributed by atoms with Gasteiger partial charge in [-0.1, -0.05) is 6.07 Å². The highest BCUT2D eigenvalue weighted by Gasteiger charge is 2.19. The van der Waals surface area contributed by atoms with Gasteiger partial charge < -0.3 is 20.8 Å². The van der Waals surface area contributed by atoms with Crippen molar-refractivity contribution in [2.75, 3.05) is 17.3 Å². The number of aliphatic carboxylic acids is 1. The summed E-state index contributed by atoms with van der Waals surface area (Å²) in [6, 6.07) is 4.01. The number of thioether (sulfide) groups is 1. The summed E-state index contributed by atoms with van der Waals surface area (Å²) in [7, 11) is 0. The van der Waals surface area contributed by atoms with E-state index in [9.17, 15) is 14.4 Å². The van der Waals surface area contributed by atoms with Gasteiger partial charge in [-0.05, 0) is 36.6 Å². The molecule has 1 aromatic rings. The lowest BCUT2D eigenvalue weighted by molar-refractivity contribution is -0.139. The van der Waals surface area contributed by atoms with E-state index in [1.807, 2.05) is 6.26 Å². The first kappa shape index (κ1) is 16.8. The van der Waals surface area contributed by atoms with Gasteiger partial charge in [0.1, 0.15) is 6.04 Å². The normalized spacial score (nSPS) is 11.5. The second-order valence-corrected chi connectivity index (χ2v) is 5.14. The van der Waals surface area contributed by atoms with Crippen LogP contribution >= 0.6 is 11.8 Å². The Kier molecular flexibility index (Phi) is 6.54. The molecule has 0 radical (unpaired) electrons. The third kappa shape index (κ3) is 5.74. The van der Waals surface area contributed by atoms with E-state index < -0.39 is 24.0 Å². The van der Waals surface area contributed by atoms with Gasteiger partial charge in [0.05, 0.1) is 5.56 Å². The third-order valence-electron chi connectivity index (χ3n) is 2.58. The number of urea groups is 1. The van der Waals surface area contributed by atoms with Gasteiger partial charge in [-0.3, -0.25) is 0 Å². The zero-order chi connectivity index (χ0) is 15.8. The molecule has 0 saturated heterocycles. The molecule has 0 spiro atoms. The van der Waals surface area contributed by atoms with Crippen LogP contribution in [0, 0.1) is 0 Å². The number of hydrogen-bond donors (Lipinski definition) is 4. The molecule has 7 nitrogen and oxygen atoms in total. The van der Waals surface area contributed by atoms with Gasteiger partial charge in [-0.15, -0.1) is 0 Å². The van der Waals surface area contributed by atoms with Crippen molar-refractivity contribution in [2.45, 2.75) is 12.5 Å². The predicted molar refractivity (Wildman–Crippen MR) is 80.0 cm³/mol.